The highest BCUT2D eigenvalue weighted by atomic mass is 15.1. The van der Waals surface area contributed by atoms with Crippen molar-refractivity contribution in [2.24, 2.45) is 0 Å². The second-order valence-corrected chi connectivity index (χ2v) is 18.1. The molecule has 0 bridgehead atoms. The van der Waals surface area contributed by atoms with Crippen LogP contribution in [-0.4, -0.2) is 0 Å². The molecule has 0 amide bonds. The van der Waals surface area contributed by atoms with Gasteiger partial charge < -0.3 is 4.90 Å². The van der Waals surface area contributed by atoms with Gasteiger partial charge in [-0.05, 0) is 142 Å². The Labute approximate surface area is 391 Å². The Kier molecular flexibility index (Phi) is 9.05. The average molecular weight is 852 g/mol. The molecule has 12 aromatic carbocycles. The summed E-state index contributed by atoms with van der Waals surface area (Å²) in [4.78, 5) is 2.51. The highest BCUT2D eigenvalue weighted by molar-refractivity contribution is 6.22. The smallest absolute Gasteiger partial charge is 0.0543 e. The molecule has 1 nitrogen and oxygen atoms in total. The first-order chi connectivity index (χ1) is 33.1. The van der Waals surface area contributed by atoms with E-state index in [4.69, 9.17) is 0 Å². The molecule has 0 radical (unpaired) electrons. The largest absolute Gasteiger partial charge is 0.310 e. The lowest BCUT2D eigenvalue weighted by molar-refractivity contribution is 0.714. The minimum Gasteiger partial charge on any atom is -0.310 e. The van der Waals surface area contributed by atoms with E-state index in [2.05, 4.69) is 267 Å². The van der Waals surface area contributed by atoms with Crippen molar-refractivity contribution in [1.82, 2.24) is 0 Å². The van der Waals surface area contributed by atoms with Crippen molar-refractivity contribution < 1.29 is 0 Å². The summed E-state index contributed by atoms with van der Waals surface area (Å²) in [5.74, 6) is 0. The molecular formula is C66H45N. The monoisotopic (exact) mass is 851 g/mol. The molecule has 1 aliphatic rings. The molecule has 67 heavy (non-hydrogen) atoms. The van der Waals surface area contributed by atoms with Crippen LogP contribution < -0.4 is 4.90 Å². The van der Waals surface area contributed by atoms with Gasteiger partial charge >= 0.3 is 0 Å². The van der Waals surface area contributed by atoms with Crippen LogP contribution in [0.2, 0.25) is 0 Å². The van der Waals surface area contributed by atoms with Crippen LogP contribution in [0, 0.1) is 0 Å². The quantitative estimate of drug-likeness (QED) is 0.144. The minimum atomic E-state index is -0.344. The summed E-state index contributed by atoms with van der Waals surface area (Å²) < 4.78 is 0. The van der Waals surface area contributed by atoms with Crippen LogP contribution in [0.5, 0.6) is 0 Å². The van der Waals surface area contributed by atoms with Gasteiger partial charge in [0.15, 0.2) is 0 Å². The van der Waals surface area contributed by atoms with Crippen LogP contribution in [0.3, 0.4) is 0 Å². The third-order valence-electron chi connectivity index (χ3n) is 14.5. The summed E-state index contributed by atoms with van der Waals surface area (Å²) >= 11 is 0. The van der Waals surface area contributed by atoms with Crippen LogP contribution in [0.25, 0.3) is 87.6 Å². The van der Waals surface area contributed by atoms with E-state index in [9.17, 15) is 0 Å². The van der Waals surface area contributed by atoms with E-state index in [0.29, 0.717) is 0 Å². The normalized spacial score (nSPS) is 14.1. The maximum Gasteiger partial charge on any atom is 0.0543 e. The predicted octanol–water partition coefficient (Wildman–Crippen LogP) is 18.1. The van der Waals surface area contributed by atoms with Gasteiger partial charge in [-0.3, -0.25) is 0 Å². The highest BCUT2D eigenvalue weighted by Gasteiger charge is 2.42. The third kappa shape index (κ3) is 6.09. The Bertz CT molecular complexity index is 3850. The lowest BCUT2D eigenvalue weighted by Gasteiger charge is -2.31. The summed E-state index contributed by atoms with van der Waals surface area (Å²) in [5, 5.41) is 9.99. The Balaban J connectivity index is 1.09. The van der Waals surface area contributed by atoms with Crippen molar-refractivity contribution in [2.75, 3.05) is 4.90 Å². The Morgan fingerprint density at radius 3 is 1.54 bits per heavy atom. The number of fused-ring (bicyclic) bond motifs is 9. The second-order valence-electron chi connectivity index (χ2n) is 18.1. The molecule has 12 aromatic rings. The van der Waals surface area contributed by atoms with Gasteiger partial charge in [0.25, 0.3) is 0 Å². The summed E-state index contributed by atoms with van der Waals surface area (Å²) in [5.41, 5.74) is 16.8. The number of anilines is 3. The van der Waals surface area contributed by atoms with Gasteiger partial charge in [-0.1, -0.05) is 218 Å². The molecule has 1 heteroatoms. The summed E-state index contributed by atoms with van der Waals surface area (Å²) in [6.45, 7) is 2.40. The SMILES string of the molecule is CC1(c2ccccc2)c2ccccc2-c2c(N(c3ccc(-c4cc5ccccc5c5ccccc45)cc3)c3ccc4c(c3)c(-c3ccccc3)c(-c3ccccc3)c3ccccc34)cccc21. The maximum atomic E-state index is 2.51. The van der Waals surface area contributed by atoms with E-state index in [-0.39, 0.29) is 5.41 Å². The zero-order valence-electron chi connectivity index (χ0n) is 37.2. The molecule has 0 heterocycles. The molecule has 1 atom stereocenters. The summed E-state index contributed by atoms with van der Waals surface area (Å²) in [6.07, 6.45) is 0. The summed E-state index contributed by atoms with van der Waals surface area (Å²) in [6, 6.07) is 94.2. The molecule has 0 fully saturated rings. The maximum absolute atomic E-state index is 2.51. The van der Waals surface area contributed by atoms with Gasteiger partial charge in [0, 0.05) is 22.4 Å². The molecule has 0 aromatic heterocycles. The van der Waals surface area contributed by atoms with Crippen molar-refractivity contribution in [3.63, 3.8) is 0 Å². The first kappa shape index (κ1) is 38.9. The number of benzene rings is 12. The van der Waals surface area contributed by atoms with E-state index in [0.717, 1.165) is 17.1 Å². The lowest BCUT2D eigenvalue weighted by Crippen LogP contribution is -2.22. The van der Waals surface area contributed by atoms with Crippen LogP contribution in [0.1, 0.15) is 23.6 Å². The predicted molar refractivity (Wildman–Crippen MR) is 285 cm³/mol. The molecule has 0 aliphatic heterocycles. The van der Waals surface area contributed by atoms with Crippen molar-refractivity contribution in [2.45, 2.75) is 12.3 Å². The Morgan fingerprint density at radius 1 is 0.299 bits per heavy atom. The third-order valence-corrected chi connectivity index (χ3v) is 14.5. The zero-order chi connectivity index (χ0) is 44.5. The first-order valence-electron chi connectivity index (χ1n) is 23.3. The van der Waals surface area contributed by atoms with E-state index < -0.39 is 0 Å². The highest BCUT2D eigenvalue weighted by Crippen LogP contribution is 2.57. The second kappa shape index (κ2) is 15.6. The molecule has 13 rings (SSSR count). The van der Waals surface area contributed by atoms with Crippen molar-refractivity contribution in [3.05, 3.63) is 271 Å². The van der Waals surface area contributed by atoms with E-state index in [1.807, 2.05) is 0 Å². The molecule has 0 spiro atoms. The van der Waals surface area contributed by atoms with Gasteiger partial charge in [0.05, 0.1) is 5.69 Å². The number of nitrogens with zero attached hydrogens (tertiary/aromatic N) is 1. The fourth-order valence-corrected chi connectivity index (χ4v) is 11.4. The van der Waals surface area contributed by atoms with E-state index in [1.165, 1.54) is 104 Å². The Hall–Kier alpha value is -8.52. The zero-order valence-corrected chi connectivity index (χ0v) is 37.2. The van der Waals surface area contributed by atoms with Crippen molar-refractivity contribution in [1.29, 1.82) is 0 Å². The molecule has 1 unspecified atom stereocenters. The lowest BCUT2D eigenvalue weighted by atomic mass is 9.74. The van der Waals surface area contributed by atoms with Crippen molar-refractivity contribution >= 4 is 60.2 Å². The number of rotatable bonds is 7. The van der Waals surface area contributed by atoms with Gasteiger partial charge in [0.1, 0.15) is 0 Å². The van der Waals surface area contributed by atoms with Crippen LogP contribution in [0.15, 0.2) is 255 Å². The first-order valence-corrected chi connectivity index (χ1v) is 23.3. The number of hydrogen-bond donors (Lipinski definition) is 0. The van der Waals surface area contributed by atoms with E-state index >= 15 is 0 Å². The molecule has 0 saturated heterocycles. The van der Waals surface area contributed by atoms with Gasteiger partial charge in [-0.15, -0.1) is 0 Å². The minimum absolute atomic E-state index is 0.344. The standard InChI is InChI=1S/C66H45N/c1-66(48-25-9-4-10-26-48)60-33-18-17-32-57(60)65-61(66)34-19-35-62(65)67(49-38-36-44(37-39-49)58-42-47-24-11-12-27-51(47)52-28-13-14-30-54(52)58)50-40-41-55-53-29-15-16-31-56(53)63(45-20-5-2-6-21-45)64(59(55)43-50)46-22-7-3-8-23-46/h2-43H,1H3. The molecule has 0 saturated carbocycles. The van der Waals surface area contributed by atoms with Crippen molar-refractivity contribution in [3.8, 4) is 44.5 Å². The van der Waals surface area contributed by atoms with Crippen LogP contribution >= 0.6 is 0 Å². The van der Waals surface area contributed by atoms with Crippen LogP contribution in [-0.2, 0) is 5.41 Å². The molecule has 0 N–H and O–H groups in total. The molecule has 314 valence electrons. The van der Waals surface area contributed by atoms with Crippen LogP contribution in [0.4, 0.5) is 17.1 Å². The fraction of sp³-hybridized carbons (Fsp3) is 0.0303. The molecular weight excluding hydrogens is 807 g/mol. The fourth-order valence-electron chi connectivity index (χ4n) is 11.4. The molecule has 1 aliphatic carbocycles. The van der Waals surface area contributed by atoms with Gasteiger partial charge in [0.2, 0.25) is 0 Å². The number of hydrogen-bond acceptors (Lipinski definition) is 1. The topological polar surface area (TPSA) is 3.24 Å². The summed E-state index contributed by atoms with van der Waals surface area (Å²) in [7, 11) is 0. The average Bonchev–Trinajstić information content (AvgIpc) is 3.67. The Morgan fingerprint density at radius 2 is 0.821 bits per heavy atom. The van der Waals surface area contributed by atoms with Gasteiger partial charge in [-0.25, -0.2) is 0 Å². The van der Waals surface area contributed by atoms with Gasteiger partial charge in [-0.2, -0.15) is 0 Å². The van der Waals surface area contributed by atoms with E-state index in [1.54, 1.807) is 0 Å².